The second-order valence-corrected chi connectivity index (χ2v) is 8.29. The number of carbonyl (C=O) groups excluding carboxylic acids is 3. The molecule has 1 heterocycles. The lowest BCUT2D eigenvalue weighted by atomic mass is 10.1. The lowest BCUT2D eigenvalue weighted by Gasteiger charge is -2.34. The zero-order chi connectivity index (χ0) is 24.7. The van der Waals surface area contributed by atoms with E-state index in [2.05, 4.69) is 10.3 Å². The Bertz CT molecular complexity index is 1040. The summed E-state index contributed by atoms with van der Waals surface area (Å²) in [5.74, 6) is -0.381. The average Bonchev–Trinajstić information content (AvgIpc) is 2.79. The van der Waals surface area contributed by atoms with Crippen molar-refractivity contribution < 1.29 is 19.1 Å². The predicted octanol–water partition coefficient (Wildman–Crippen LogP) is 1.09. The molecule has 0 unspecified atom stereocenters. The molecule has 3 rings (SSSR count). The molecule has 2 aromatic carbocycles. The van der Waals surface area contributed by atoms with Crippen LogP contribution in [0, 0.1) is 0 Å². The number of benzene rings is 2. The summed E-state index contributed by atoms with van der Waals surface area (Å²) in [4.78, 5) is 44.8. The minimum Gasteiger partial charge on any atom is -0.423 e. The molecule has 0 bridgehead atoms. The summed E-state index contributed by atoms with van der Waals surface area (Å²) >= 11 is 0. The van der Waals surface area contributed by atoms with Crippen molar-refractivity contribution in [1.29, 1.82) is 0 Å². The number of rotatable bonds is 7. The number of piperazine rings is 1. The molecule has 1 aliphatic heterocycles. The molecule has 1 saturated heterocycles. The van der Waals surface area contributed by atoms with Crippen LogP contribution in [0.15, 0.2) is 53.5 Å². The molecule has 10 heteroatoms. The maximum Gasteiger partial charge on any atom is 0.343 e. The highest BCUT2D eigenvalue weighted by Crippen LogP contribution is 2.18. The SMILES string of the molecule is CC(C)NC(=O)CN1CCN(C(=O)c2ccc(OC(=O)c3ccc(N=C(N)N)cc3)cc2)CC1. The summed E-state index contributed by atoms with van der Waals surface area (Å²) in [7, 11) is 0. The zero-order valence-electron chi connectivity index (χ0n) is 19.4. The number of hydrogen-bond donors (Lipinski definition) is 3. The van der Waals surface area contributed by atoms with Crippen LogP contribution in [0.25, 0.3) is 0 Å². The van der Waals surface area contributed by atoms with E-state index in [1.165, 1.54) is 0 Å². The number of nitrogens with zero attached hydrogens (tertiary/aromatic N) is 3. The Balaban J connectivity index is 1.51. The van der Waals surface area contributed by atoms with Gasteiger partial charge in [-0.05, 0) is 62.4 Å². The van der Waals surface area contributed by atoms with Gasteiger partial charge in [-0.1, -0.05) is 0 Å². The van der Waals surface area contributed by atoms with Crippen molar-refractivity contribution in [2.75, 3.05) is 32.7 Å². The number of carbonyl (C=O) groups is 3. The molecule has 34 heavy (non-hydrogen) atoms. The standard InChI is InChI=1S/C24H30N6O4/c1-16(2)27-21(31)15-29-11-13-30(14-12-29)22(32)17-5-9-20(10-6-17)34-23(33)18-3-7-19(8-4-18)28-24(25)26/h3-10,16H,11-15H2,1-2H3,(H,27,31)(H4,25,26,28). The molecular formula is C24H30N6O4. The predicted molar refractivity (Wildman–Crippen MR) is 129 cm³/mol. The van der Waals surface area contributed by atoms with Crippen LogP contribution >= 0.6 is 0 Å². The molecule has 1 fully saturated rings. The topological polar surface area (TPSA) is 143 Å². The fraction of sp³-hybridized carbons (Fsp3) is 0.333. The first-order valence-corrected chi connectivity index (χ1v) is 11.0. The quantitative estimate of drug-likeness (QED) is 0.240. The van der Waals surface area contributed by atoms with Gasteiger partial charge < -0.3 is 26.4 Å². The van der Waals surface area contributed by atoms with Gasteiger partial charge in [0.05, 0.1) is 17.8 Å². The van der Waals surface area contributed by atoms with E-state index in [-0.39, 0.29) is 23.8 Å². The number of nitrogens with one attached hydrogen (secondary N) is 1. The molecule has 1 aliphatic rings. The maximum absolute atomic E-state index is 12.8. The first kappa shape index (κ1) is 24.7. The number of nitrogens with two attached hydrogens (primary N) is 2. The maximum atomic E-state index is 12.8. The smallest absolute Gasteiger partial charge is 0.343 e. The highest BCUT2D eigenvalue weighted by atomic mass is 16.5. The minimum atomic E-state index is -0.534. The molecule has 5 N–H and O–H groups in total. The molecule has 0 radical (unpaired) electrons. The molecular weight excluding hydrogens is 436 g/mol. The van der Waals surface area contributed by atoms with Crippen molar-refractivity contribution in [3.05, 3.63) is 59.7 Å². The minimum absolute atomic E-state index is 0.00961. The van der Waals surface area contributed by atoms with Crippen molar-refractivity contribution >= 4 is 29.4 Å². The van der Waals surface area contributed by atoms with Crippen molar-refractivity contribution in [3.63, 3.8) is 0 Å². The third-order valence-corrected chi connectivity index (χ3v) is 5.15. The third-order valence-electron chi connectivity index (χ3n) is 5.15. The number of hydrogen-bond acceptors (Lipinski definition) is 6. The van der Waals surface area contributed by atoms with Crippen LogP contribution in [-0.2, 0) is 4.79 Å². The number of guanidine groups is 1. The monoisotopic (exact) mass is 466 g/mol. The van der Waals surface area contributed by atoms with Gasteiger partial charge in [0.25, 0.3) is 5.91 Å². The van der Waals surface area contributed by atoms with E-state index < -0.39 is 5.97 Å². The van der Waals surface area contributed by atoms with Gasteiger partial charge in [-0.25, -0.2) is 9.79 Å². The van der Waals surface area contributed by atoms with E-state index in [0.717, 1.165) is 0 Å². The van der Waals surface area contributed by atoms with Gasteiger partial charge in [-0.3, -0.25) is 14.5 Å². The van der Waals surface area contributed by atoms with E-state index in [9.17, 15) is 14.4 Å². The molecule has 2 amide bonds. The zero-order valence-corrected chi connectivity index (χ0v) is 19.4. The van der Waals surface area contributed by atoms with E-state index in [1.807, 2.05) is 18.7 Å². The lowest BCUT2D eigenvalue weighted by molar-refractivity contribution is -0.123. The molecule has 0 atom stereocenters. The molecule has 0 aliphatic carbocycles. The van der Waals surface area contributed by atoms with Crippen LogP contribution in [0.5, 0.6) is 5.75 Å². The van der Waals surface area contributed by atoms with E-state index >= 15 is 0 Å². The summed E-state index contributed by atoms with van der Waals surface area (Å²) in [6, 6.07) is 12.9. The second kappa shape index (κ2) is 11.3. The molecule has 10 nitrogen and oxygen atoms in total. The third kappa shape index (κ3) is 7.04. The van der Waals surface area contributed by atoms with Gasteiger partial charge in [0.2, 0.25) is 5.91 Å². The Morgan fingerprint density at radius 2 is 1.53 bits per heavy atom. The highest BCUT2D eigenvalue weighted by Gasteiger charge is 2.23. The Kier molecular flexibility index (Phi) is 8.20. The van der Waals surface area contributed by atoms with Gasteiger partial charge in [0.1, 0.15) is 5.75 Å². The number of esters is 1. The van der Waals surface area contributed by atoms with Gasteiger partial charge in [-0.15, -0.1) is 0 Å². The van der Waals surface area contributed by atoms with Gasteiger partial charge in [0.15, 0.2) is 5.96 Å². The van der Waals surface area contributed by atoms with Gasteiger partial charge in [0, 0.05) is 37.8 Å². The normalized spacial score (nSPS) is 13.9. The van der Waals surface area contributed by atoms with Gasteiger partial charge in [-0.2, -0.15) is 0 Å². The number of aliphatic imine (C=N–C) groups is 1. The first-order chi connectivity index (χ1) is 16.2. The Morgan fingerprint density at radius 1 is 0.941 bits per heavy atom. The number of ether oxygens (including phenoxy) is 1. The van der Waals surface area contributed by atoms with Crippen LogP contribution in [0.1, 0.15) is 34.6 Å². The summed E-state index contributed by atoms with van der Waals surface area (Å²) in [5.41, 5.74) is 12.0. The molecule has 0 saturated carbocycles. The van der Waals surface area contributed by atoms with Crippen LogP contribution in [-0.4, -0.2) is 72.3 Å². The molecule has 2 aromatic rings. The lowest BCUT2D eigenvalue weighted by Crippen LogP contribution is -2.51. The first-order valence-electron chi connectivity index (χ1n) is 11.0. The van der Waals surface area contributed by atoms with Crippen molar-refractivity contribution in [2.45, 2.75) is 19.9 Å². The van der Waals surface area contributed by atoms with Crippen LogP contribution in [0.4, 0.5) is 5.69 Å². The Morgan fingerprint density at radius 3 is 2.09 bits per heavy atom. The Hall–Kier alpha value is -3.92. The number of amides is 2. The molecule has 0 spiro atoms. The van der Waals surface area contributed by atoms with Crippen LogP contribution in [0.2, 0.25) is 0 Å². The van der Waals surface area contributed by atoms with Gasteiger partial charge >= 0.3 is 5.97 Å². The fourth-order valence-electron chi connectivity index (χ4n) is 3.51. The summed E-state index contributed by atoms with van der Waals surface area (Å²) in [6.45, 7) is 6.53. The molecule has 180 valence electrons. The summed E-state index contributed by atoms with van der Waals surface area (Å²) in [6.07, 6.45) is 0. The largest absolute Gasteiger partial charge is 0.423 e. The molecule has 0 aromatic heterocycles. The summed E-state index contributed by atoms with van der Waals surface area (Å²) in [5, 5.41) is 2.88. The highest BCUT2D eigenvalue weighted by molar-refractivity contribution is 5.95. The van der Waals surface area contributed by atoms with Crippen molar-refractivity contribution in [2.24, 2.45) is 16.5 Å². The van der Waals surface area contributed by atoms with Crippen LogP contribution in [0.3, 0.4) is 0 Å². The van der Waals surface area contributed by atoms with E-state index in [4.69, 9.17) is 16.2 Å². The average molecular weight is 467 g/mol. The van der Waals surface area contributed by atoms with E-state index in [1.54, 1.807) is 53.4 Å². The van der Waals surface area contributed by atoms with Crippen molar-refractivity contribution in [1.82, 2.24) is 15.1 Å². The fourth-order valence-corrected chi connectivity index (χ4v) is 3.51. The van der Waals surface area contributed by atoms with E-state index in [0.29, 0.717) is 55.3 Å². The van der Waals surface area contributed by atoms with Crippen LogP contribution < -0.4 is 21.5 Å². The van der Waals surface area contributed by atoms with Crippen molar-refractivity contribution in [3.8, 4) is 5.75 Å². The Labute approximate surface area is 198 Å². The second-order valence-electron chi connectivity index (χ2n) is 8.29. The summed E-state index contributed by atoms with van der Waals surface area (Å²) < 4.78 is 5.39.